The smallest absolute Gasteiger partial charge is 0.161 e. The first-order valence-electron chi connectivity index (χ1n) is 11.9. The third-order valence-electron chi connectivity index (χ3n) is 5.90. The summed E-state index contributed by atoms with van der Waals surface area (Å²) in [7, 11) is 0. The maximum absolute atomic E-state index is 6.15. The first kappa shape index (κ1) is 22.9. The molecule has 0 fully saturated rings. The van der Waals surface area contributed by atoms with Gasteiger partial charge in [0.1, 0.15) is 13.2 Å². The van der Waals surface area contributed by atoms with E-state index in [2.05, 4.69) is 60.7 Å². The Morgan fingerprint density at radius 3 is 1.00 bits per heavy atom. The van der Waals surface area contributed by atoms with Crippen molar-refractivity contribution in [2.75, 3.05) is 66.1 Å². The normalized spacial score (nSPS) is 17.4. The van der Waals surface area contributed by atoms with Crippen molar-refractivity contribution in [3.63, 3.8) is 0 Å². The predicted molar refractivity (Wildman–Crippen MR) is 133 cm³/mol. The van der Waals surface area contributed by atoms with Crippen molar-refractivity contribution in [1.82, 2.24) is 0 Å². The van der Waals surface area contributed by atoms with Gasteiger partial charge in [-0.3, -0.25) is 0 Å². The highest BCUT2D eigenvalue weighted by Gasteiger charge is 2.14. The standard InChI is InChI=1S/C28H30O6/c1-3-7-23-21(5-1)22-6-2-4-8-24(22)26-20-28-27(19-25(23)26)33-17-15-31-13-11-29-9-10-30-12-14-32-16-18-34-28/h1-8,19-20H,9-18H2. The van der Waals surface area contributed by atoms with E-state index in [-0.39, 0.29) is 0 Å². The second-order valence-corrected chi connectivity index (χ2v) is 8.08. The average molecular weight is 463 g/mol. The van der Waals surface area contributed by atoms with E-state index >= 15 is 0 Å². The minimum atomic E-state index is 0.424. The lowest BCUT2D eigenvalue weighted by Crippen LogP contribution is -2.16. The van der Waals surface area contributed by atoms with Gasteiger partial charge in [-0.15, -0.1) is 0 Å². The van der Waals surface area contributed by atoms with Crippen molar-refractivity contribution in [3.8, 4) is 11.5 Å². The minimum absolute atomic E-state index is 0.424. The molecule has 1 heterocycles. The Hall–Kier alpha value is -2.90. The first-order chi connectivity index (χ1) is 16.9. The van der Waals surface area contributed by atoms with E-state index in [1.54, 1.807) is 0 Å². The van der Waals surface area contributed by atoms with Crippen molar-refractivity contribution in [2.24, 2.45) is 0 Å². The Morgan fingerprint density at radius 1 is 0.353 bits per heavy atom. The highest BCUT2D eigenvalue weighted by molar-refractivity contribution is 6.25. The van der Waals surface area contributed by atoms with Crippen LogP contribution in [0.15, 0.2) is 60.7 Å². The van der Waals surface area contributed by atoms with Gasteiger partial charge in [-0.1, -0.05) is 48.5 Å². The van der Waals surface area contributed by atoms with E-state index in [1.807, 2.05) is 0 Å². The molecule has 6 nitrogen and oxygen atoms in total. The summed E-state index contributed by atoms with van der Waals surface area (Å²) < 4.78 is 34.6. The van der Waals surface area contributed by atoms with Gasteiger partial charge in [0.05, 0.1) is 52.9 Å². The van der Waals surface area contributed by atoms with Gasteiger partial charge in [-0.05, 0) is 44.5 Å². The van der Waals surface area contributed by atoms with E-state index in [4.69, 9.17) is 28.4 Å². The summed E-state index contributed by atoms with van der Waals surface area (Å²) in [5.41, 5.74) is 0. The fourth-order valence-corrected chi connectivity index (χ4v) is 4.32. The Labute approximate surface area is 199 Å². The second kappa shape index (κ2) is 11.5. The summed E-state index contributed by atoms with van der Waals surface area (Å²) in [6.07, 6.45) is 0. The van der Waals surface area contributed by atoms with E-state index < -0.39 is 0 Å². The molecule has 0 saturated carbocycles. The Balaban J connectivity index is 1.49. The van der Waals surface area contributed by atoms with Crippen molar-refractivity contribution in [1.29, 1.82) is 0 Å². The summed E-state index contributed by atoms with van der Waals surface area (Å²) >= 11 is 0. The molecule has 0 aromatic heterocycles. The van der Waals surface area contributed by atoms with Crippen LogP contribution in [0.2, 0.25) is 0 Å². The van der Waals surface area contributed by atoms with Gasteiger partial charge < -0.3 is 28.4 Å². The lowest BCUT2D eigenvalue weighted by molar-refractivity contribution is -0.00840. The van der Waals surface area contributed by atoms with E-state index in [0.29, 0.717) is 77.6 Å². The molecule has 1 aliphatic rings. The quantitative estimate of drug-likeness (QED) is 0.344. The molecule has 0 amide bonds. The largest absolute Gasteiger partial charge is 0.487 e. The summed E-state index contributed by atoms with van der Waals surface area (Å²) in [5.74, 6) is 1.41. The number of rotatable bonds is 0. The molecule has 0 atom stereocenters. The van der Waals surface area contributed by atoms with Crippen LogP contribution < -0.4 is 9.47 Å². The van der Waals surface area contributed by atoms with Gasteiger partial charge in [0, 0.05) is 0 Å². The fourth-order valence-electron chi connectivity index (χ4n) is 4.32. The number of ether oxygens (including phenoxy) is 6. The van der Waals surface area contributed by atoms with Crippen LogP contribution in [-0.2, 0) is 18.9 Å². The number of hydrogen-bond acceptors (Lipinski definition) is 6. The van der Waals surface area contributed by atoms with Crippen LogP contribution in [0.5, 0.6) is 11.5 Å². The van der Waals surface area contributed by atoms with E-state index in [1.165, 1.54) is 21.5 Å². The van der Waals surface area contributed by atoms with Crippen LogP contribution in [0.25, 0.3) is 32.3 Å². The summed E-state index contributed by atoms with van der Waals surface area (Å²) in [6, 6.07) is 21.2. The molecule has 0 aliphatic carbocycles. The molecule has 0 unspecified atom stereocenters. The molecule has 4 aromatic rings. The number of benzene rings is 4. The van der Waals surface area contributed by atoms with Gasteiger partial charge in [-0.25, -0.2) is 0 Å². The van der Waals surface area contributed by atoms with Crippen molar-refractivity contribution in [3.05, 3.63) is 60.7 Å². The zero-order valence-corrected chi connectivity index (χ0v) is 19.3. The Bertz CT molecular complexity index is 1140. The van der Waals surface area contributed by atoms with Gasteiger partial charge in [-0.2, -0.15) is 0 Å². The van der Waals surface area contributed by atoms with Crippen LogP contribution in [0.4, 0.5) is 0 Å². The molecule has 0 N–H and O–H groups in total. The molecular formula is C28H30O6. The van der Waals surface area contributed by atoms with Gasteiger partial charge in [0.2, 0.25) is 0 Å². The molecule has 0 spiro atoms. The minimum Gasteiger partial charge on any atom is -0.487 e. The van der Waals surface area contributed by atoms with Crippen LogP contribution in [-0.4, -0.2) is 66.1 Å². The van der Waals surface area contributed by atoms with E-state index in [9.17, 15) is 0 Å². The molecule has 6 heteroatoms. The molecule has 178 valence electrons. The Morgan fingerprint density at radius 2 is 0.647 bits per heavy atom. The Kier molecular flexibility index (Phi) is 7.73. The summed E-state index contributed by atoms with van der Waals surface area (Å²) in [4.78, 5) is 0. The summed E-state index contributed by atoms with van der Waals surface area (Å²) in [6.45, 7) is 4.98. The second-order valence-electron chi connectivity index (χ2n) is 8.08. The maximum Gasteiger partial charge on any atom is 0.161 e. The molecule has 0 radical (unpaired) electrons. The van der Waals surface area contributed by atoms with Gasteiger partial charge in [0.25, 0.3) is 0 Å². The molecule has 0 bridgehead atoms. The molecular weight excluding hydrogens is 432 g/mol. The average Bonchev–Trinajstić information content (AvgIpc) is 2.88. The van der Waals surface area contributed by atoms with Crippen LogP contribution >= 0.6 is 0 Å². The fraction of sp³-hybridized carbons (Fsp3) is 0.357. The van der Waals surface area contributed by atoms with Crippen molar-refractivity contribution >= 4 is 32.3 Å². The lowest BCUT2D eigenvalue weighted by Gasteiger charge is -2.17. The number of fused-ring (bicyclic) bond motifs is 7. The zero-order valence-electron chi connectivity index (χ0n) is 19.3. The van der Waals surface area contributed by atoms with Gasteiger partial charge >= 0.3 is 0 Å². The predicted octanol–water partition coefficient (Wildman–Crippen LogP) is 4.98. The lowest BCUT2D eigenvalue weighted by atomic mass is 9.94. The van der Waals surface area contributed by atoms with Gasteiger partial charge in [0.15, 0.2) is 11.5 Å². The zero-order chi connectivity index (χ0) is 23.0. The molecule has 5 rings (SSSR count). The highest BCUT2D eigenvalue weighted by Crippen LogP contribution is 2.40. The topological polar surface area (TPSA) is 55.4 Å². The van der Waals surface area contributed by atoms with Crippen molar-refractivity contribution in [2.45, 2.75) is 0 Å². The molecule has 1 aliphatic heterocycles. The highest BCUT2D eigenvalue weighted by atomic mass is 16.6. The summed E-state index contributed by atoms with van der Waals surface area (Å²) in [5, 5.41) is 7.12. The molecule has 4 aromatic carbocycles. The maximum atomic E-state index is 6.15. The van der Waals surface area contributed by atoms with E-state index in [0.717, 1.165) is 10.8 Å². The third-order valence-corrected chi connectivity index (χ3v) is 5.90. The van der Waals surface area contributed by atoms with Crippen molar-refractivity contribution < 1.29 is 28.4 Å². The molecule has 34 heavy (non-hydrogen) atoms. The van der Waals surface area contributed by atoms with Crippen LogP contribution in [0.1, 0.15) is 0 Å². The third kappa shape index (κ3) is 5.26. The molecule has 0 saturated heterocycles. The number of hydrogen-bond donors (Lipinski definition) is 0. The van der Waals surface area contributed by atoms with Crippen LogP contribution in [0.3, 0.4) is 0 Å². The SMILES string of the molecule is c1ccc2c(c1)c1ccccc1c1cc3c(cc21)OCCOCCOCCOCCOCCO3. The first-order valence-corrected chi connectivity index (χ1v) is 11.9. The van der Waals surface area contributed by atoms with Crippen LogP contribution in [0, 0.1) is 0 Å². The monoisotopic (exact) mass is 462 g/mol.